The van der Waals surface area contributed by atoms with Crippen LogP contribution in [-0.2, 0) is 46.2 Å². The summed E-state index contributed by atoms with van der Waals surface area (Å²) >= 11 is -4.93. The number of carbonyl (C=O) groups is 4. The van der Waals surface area contributed by atoms with Gasteiger partial charge in [0.1, 0.15) is 24.5 Å². The van der Waals surface area contributed by atoms with Crippen LogP contribution in [-0.4, -0.2) is 66.8 Å². The lowest BCUT2D eigenvalue weighted by atomic mass is 10.1. The summed E-state index contributed by atoms with van der Waals surface area (Å²) in [6.07, 6.45) is -0.121. The third-order valence-electron chi connectivity index (χ3n) is 6.64. The maximum atomic E-state index is 13.4. The minimum Gasteiger partial charge on any atom is -0.466 e. The minimum atomic E-state index is -4.93. The Kier molecular flexibility index (Phi) is 26.3. The molecule has 0 amide bonds. The van der Waals surface area contributed by atoms with Crippen molar-refractivity contribution in [3.05, 3.63) is 114 Å². The Bertz CT molecular complexity index is 1540. The molecule has 3 aromatic rings. The molecular formula is C40H51F6NO7S. The van der Waals surface area contributed by atoms with Gasteiger partial charge in [-0.3, -0.25) is 19.2 Å². The first-order valence-corrected chi connectivity index (χ1v) is 18.8. The van der Waals surface area contributed by atoms with Crippen molar-refractivity contribution in [2.24, 2.45) is 0 Å². The molecule has 0 aliphatic carbocycles. The summed E-state index contributed by atoms with van der Waals surface area (Å²) in [5.41, 5.74) is 2.17. The number of ether oxygens (including phenoxy) is 3. The molecule has 8 nitrogen and oxygen atoms in total. The summed E-state index contributed by atoms with van der Waals surface area (Å²) < 4.78 is 89.5. The molecule has 0 saturated carbocycles. The Morgan fingerprint density at radius 1 is 0.636 bits per heavy atom. The molecule has 0 radical (unpaired) electrons. The molecule has 0 aromatic heterocycles. The molecule has 0 spiro atoms. The molecule has 0 atom stereocenters. The average Bonchev–Trinajstić information content (AvgIpc) is 3.10. The van der Waals surface area contributed by atoms with E-state index in [1.165, 1.54) is 19.9 Å². The van der Waals surface area contributed by atoms with Crippen molar-refractivity contribution >= 4 is 41.1 Å². The fraction of sp³-hybridized carbons (Fsp3) is 0.400. The molecule has 0 heterocycles. The van der Waals surface area contributed by atoms with Gasteiger partial charge in [0, 0.05) is 25.9 Å². The van der Waals surface area contributed by atoms with E-state index in [0.717, 1.165) is 11.1 Å². The van der Waals surface area contributed by atoms with Crippen LogP contribution in [0.25, 0.3) is 6.08 Å². The molecule has 306 valence electrons. The van der Waals surface area contributed by atoms with Gasteiger partial charge < -0.3 is 14.2 Å². The number of Topliss-reactive ketones (excluding diaryl/α,β-unsaturated/α-hetero) is 1. The first-order chi connectivity index (χ1) is 26.0. The second-order valence-corrected chi connectivity index (χ2v) is 12.4. The zero-order chi connectivity index (χ0) is 41.7. The normalized spacial score (nSPS) is 11.3. The summed E-state index contributed by atoms with van der Waals surface area (Å²) in [6.45, 7) is 8.86. The smallest absolute Gasteiger partial charge is 0.313 e. The van der Waals surface area contributed by atoms with Crippen LogP contribution in [0.3, 0.4) is 0 Å². The highest BCUT2D eigenvalue weighted by molar-refractivity contribution is 8.18. The van der Waals surface area contributed by atoms with E-state index in [4.69, 9.17) is 4.74 Å². The molecule has 3 rings (SSSR count). The van der Waals surface area contributed by atoms with Crippen LogP contribution in [0, 0.1) is 0 Å². The van der Waals surface area contributed by atoms with Crippen molar-refractivity contribution in [2.45, 2.75) is 72.6 Å². The van der Waals surface area contributed by atoms with E-state index in [0.29, 0.717) is 22.9 Å². The largest absolute Gasteiger partial charge is 0.466 e. The van der Waals surface area contributed by atoms with Gasteiger partial charge in [0.25, 0.3) is 17.3 Å². The molecule has 55 heavy (non-hydrogen) atoms. The highest BCUT2D eigenvalue weighted by Gasteiger charge is 2.33. The van der Waals surface area contributed by atoms with Gasteiger partial charge in [-0.15, -0.1) is 11.7 Å². The molecule has 0 aliphatic rings. The summed E-state index contributed by atoms with van der Waals surface area (Å²) in [5, 5.41) is 0. The van der Waals surface area contributed by atoms with Crippen LogP contribution < -0.4 is 0 Å². The first kappa shape index (κ1) is 50.4. The molecule has 0 N–H and O–H groups in total. The van der Waals surface area contributed by atoms with Gasteiger partial charge in [0.05, 0.1) is 26.2 Å². The minimum absolute atomic E-state index is 0.0648. The first-order valence-electron chi connectivity index (χ1n) is 17.5. The van der Waals surface area contributed by atoms with Crippen LogP contribution in [0.2, 0.25) is 0 Å². The number of rotatable bonds is 17. The summed E-state index contributed by atoms with van der Waals surface area (Å²) in [5.74, 6) is -5.49. The highest BCUT2D eigenvalue weighted by Crippen LogP contribution is 2.56. The number of esters is 3. The molecule has 0 unspecified atom stereocenters. The van der Waals surface area contributed by atoms with E-state index >= 15 is 0 Å². The summed E-state index contributed by atoms with van der Waals surface area (Å²) in [7, 11) is 0. The van der Waals surface area contributed by atoms with Crippen molar-refractivity contribution in [1.29, 1.82) is 0 Å². The fourth-order valence-electron chi connectivity index (χ4n) is 4.29. The van der Waals surface area contributed by atoms with Gasteiger partial charge in [0.2, 0.25) is 0 Å². The molecule has 0 bridgehead atoms. The maximum Gasteiger partial charge on any atom is 0.313 e. The fourth-order valence-corrected chi connectivity index (χ4v) is 4.87. The standard InChI is InChI=1S/C12H14F2O2.C12H13FO2.C12H14O3.C4H10F3NS/c1-2-16-11(15)9-12(13,14)8-10-6-4-3-5-7-10;2*1-2-15-12(14)9-11(13)8-10-6-4-3-5-7-10;1-3-8(4-2)9(5,6)7/h3-7H,2,8-9H2,1H3;3-8H,2,9H2,1H3;3-7H,2,8-9H2,1H3;3-4H2,1-2H3/b;11-8+;;. The number of hydrogen-bond acceptors (Lipinski definition) is 8. The number of carbonyl (C=O) groups excluding carboxylic acids is 4. The Balaban J connectivity index is 0.000000720. The van der Waals surface area contributed by atoms with Crippen LogP contribution in [0.15, 0.2) is 96.8 Å². The highest BCUT2D eigenvalue weighted by atomic mass is 32.3. The number of ketones is 1. The van der Waals surface area contributed by atoms with E-state index in [1.54, 1.807) is 63.2 Å². The number of benzene rings is 3. The molecule has 0 aliphatic heterocycles. The van der Waals surface area contributed by atoms with Crippen LogP contribution in [0.5, 0.6) is 0 Å². The van der Waals surface area contributed by atoms with Crippen LogP contribution in [0.4, 0.5) is 24.8 Å². The second-order valence-electron chi connectivity index (χ2n) is 11.2. The predicted molar refractivity (Wildman–Crippen MR) is 203 cm³/mol. The van der Waals surface area contributed by atoms with Crippen molar-refractivity contribution < 1.29 is 58.2 Å². The number of hydrogen-bond donors (Lipinski definition) is 0. The zero-order valence-corrected chi connectivity index (χ0v) is 32.6. The molecule has 3 aromatic carbocycles. The van der Waals surface area contributed by atoms with Gasteiger partial charge in [-0.05, 0) is 43.5 Å². The predicted octanol–water partition coefficient (Wildman–Crippen LogP) is 10.2. The number of nitrogens with zero attached hydrogens (tertiary/aromatic N) is 1. The van der Waals surface area contributed by atoms with Crippen molar-refractivity contribution in [3.8, 4) is 0 Å². The Morgan fingerprint density at radius 3 is 1.47 bits per heavy atom. The molecular weight excluding hydrogens is 752 g/mol. The number of alkyl halides is 2. The average molecular weight is 804 g/mol. The van der Waals surface area contributed by atoms with Crippen LogP contribution in [0.1, 0.15) is 70.6 Å². The Labute approximate surface area is 322 Å². The lowest BCUT2D eigenvalue weighted by Gasteiger charge is -2.23. The monoisotopic (exact) mass is 803 g/mol. The molecule has 0 saturated heterocycles. The Morgan fingerprint density at radius 2 is 1.05 bits per heavy atom. The van der Waals surface area contributed by atoms with E-state index in [-0.39, 0.29) is 44.9 Å². The van der Waals surface area contributed by atoms with Gasteiger partial charge in [-0.25, -0.2) is 13.2 Å². The summed E-state index contributed by atoms with van der Waals surface area (Å²) in [6, 6.07) is 26.7. The number of halogens is 6. The molecule has 0 fully saturated rings. The van der Waals surface area contributed by atoms with Gasteiger partial charge in [0.15, 0.2) is 0 Å². The Hall–Kier alpha value is -4.63. The zero-order valence-electron chi connectivity index (χ0n) is 31.8. The SMILES string of the molecule is CCN(CC)S(F)(F)F.CCOC(=O)C/C(F)=C\c1ccccc1.CCOC(=O)CC(=O)Cc1ccccc1.CCOC(=O)CC(F)(F)Cc1ccccc1. The van der Waals surface area contributed by atoms with Crippen LogP contribution >= 0.6 is 11.4 Å². The quantitative estimate of drug-likeness (QED) is 0.0576. The van der Waals surface area contributed by atoms with Gasteiger partial charge in [-0.2, -0.15) is 4.31 Å². The van der Waals surface area contributed by atoms with Crippen molar-refractivity contribution in [3.63, 3.8) is 0 Å². The van der Waals surface area contributed by atoms with Crippen molar-refractivity contribution in [1.82, 2.24) is 4.31 Å². The van der Waals surface area contributed by atoms with E-state index in [1.807, 2.05) is 48.5 Å². The van der Waals surface area contributed by atoms with E-state index < -0.39 is 53.9 Å². The topological polar surface area (TPSA) is 99.2 Å². The van der Waals surface area contributed by atoms with Crippen molar-refractivity contribution in [2.75, 3.05) is 32.9 Å². The maximum absolute atomic E-state index is 13.4. The van der Waals surface area contributed by atoms with E-state index in [2.05, 4.69) is 9.47 Å². The van der Waals surface area contributed by atoms with Gasteiger partial charge >= 0.3 is 17.9 Å². The third-order valence-corrected chi connectivity index (χ3v) is 7.75. The third kappa shape index (κ3) is 26.7. The lowest BCUT2D eigenvalue weighted by molar-refractivity contribution is -0.151. The lowest BCUT2D eigenvalue weighted by Crippen LogP contribution is -2.25. The van der Waals surface area contributed by atoms with E-state index in [9.17, 15) is 44.0 Å². The van der Waals surface area contributed by atoms with Gasteiger partial charge in [-0.1, -0.05) is 105 Å². The second kappa shape index (κ2) is 28.8. The summed E-state index contributed by atoms with van der Waals surface area (Å²) in [4.78, 5) is 44.3. The molecule has 15 heteroatoms.